The van der Waals surface area contributed by atoms with Crippen LogP contribution in [0.1, 0.15) is 25.3 Å². The van der Waals surface area contributed by atoms with Gasteiger partial charge in [-0.15, -0.1) is 10.2 Å². The van der Waals surface area contributed by atoms with Gasteiger partial charge in [0.25, 0.3) is 0 Å². The summed E-state index contributed by atoms with van der Waals surface area (Å²) in [5.74, 6) is 0.305. The number of fused-ring (bicyclic) bond motifs is 1. The molecule has 0 unspecified atom stereocenters. The highest BCUT2D eigenvalue weighted by Crippen LogP contribution is 2.35. The number of para-hydroxylation sites is 2. The summed E-state index contributed by atoms with van der Waals surface area (Å²) in [6.45, 7) is 3.91. The van der Waals surface area contributed by atoms with Gasteiger partial charge in [-0.25, -0.2) is 0 Å². The summed E-state index contributed by atoms with van der Waals surface area (Å²) in [4.78, 5) is 14.8. The van der Waals surface area contributed by atoms with Crippen molar-refractivity contribution in [3.8, 4) is 11.6 Å². The van der Waals surface area contributed by atoms with Gasteiger partial charge in [-0.2, -0.15) is 0 Å². The minimum atomic E-state index is -0.525. The molecule has 0 spiro atoms. The van der Waals surface area contributed by atoms with Gasteiger partial charge < -0.3 is 14.8 Å². The third-order valence-corrected chi connectivity index (χ3v) is 3.81. The molecule has 0 aliphatic carbocycles. The molecule has 0 aliphatic heterocycles. The average molecular weight is 337 g/mol. The van der Waals surface area contributed by atoms with Crippen LogP contribution in [-0.4, -0.2) is 22.6 Å². The van der Waals surface area contributed by atoms with Crippen molar-refractivity contribution in [1.82, 2.24) is 4.98 Å². The molecule has 3 aromatic rings. The zero-order valence-corrected chi connectivity index (χ0v) is 14.1. The molecule has 1 heterocycles. The molecule has 0 bridgehead atoms. The molecule has 3 rings (SSSR count). The molecule has 0 saturated heterocycles. The van der Waals surface area contributed by atoms with Gasteiger partial charge >= 0.3 is 5.91 Å². The number of carbonyl (C=O) groups excluding carboxylic acids is 1. The lowest BCUT2D eigenvalue weighted by molar-refractivity contribution is -0.120. The Morgan fingerprint density at radius 1 is 1.16 bits per heavy atom. The third-order valence-electron chi connectivity index (χ3n) is 3.81. The van der Waals surface area contributed by atoms with Crippen LogP contribution in [0.25, 0.3) is 10.9 Å². The number of hydrogen-bond acceptors (Lipinski definition) is 4. The number of aromatic hydroxyl groups is 1. The van der Waals surface area contributed by atoms with Gasteiger partial charge in [0.05, 0.1) is 5.52 Å². The number of ether oxygens (including phenoxy) is 1. The van der Waals surface area contributed by atoms with E-state index in [2.05, 4.69) is 29.1 Å². The largest absolute Gasteiger partial charge is 0.493 e. The van der Waals surface area contributed by atoms with Gasteiger partial charge in [-0.05, 0) is 23.6 Å². The third kappa shape index (κ3) is 3.68. The molecule has 1 amide bonds. The second-order valence-electron chi connectivity index (χ2n) is 5.94. The first-order chi connectivity index (χ1) is 12.1. The lowest BCUT2D eigenvalue weighted by Gasteiger charge is -2.12. The van der Waals surface area contributed by atoms with Gasteiger partial charge in [0.15, 0.2) is 12.3 Å². The molecule has 0 saturated carbocycles. The average Bonchev–Trinajstić information content (AvgIpc) is 2.93. The van der Waals surface area contributed by atoms with Crippen molar-refractivity contribution >= 4 is 22.5 Å². The van der Waals surface area contributed by atoms with Crippen molar-refractivity contribution in [2.45, 2.75) is 19.8 Å². The smallest absolute Gasteiger partial charge is 0.302 e. The maximum absolute atomic E-state index is 12.0. The monoisotopic (exact) mass is 337 g/mol. The lowest BCUT2D eigenvalue weighted by Crippen LogP contribution is -2.09. The molecule has 0 fully saturated rings. The van der Waals surface area contributed by atoms with E-state index in [1.54, 1.807) is 6.07 Å². The normalized spacial score (nSPS) is 11.5. The second-order valence-corrected chi connectivity index (χ2v) is 5.94. The van der Waals surface area contributed by atoms with Crippen LogP contribution in [0.15, 0.2) is 58.8 Å². The topological polar surface area (TPSA) is 87.0 Å². The quantitative estimate of drug-likeness (QED) is 0.662. The number of hydrogen-bond donors (Lipinski definition) is 2. The molecule has 0 radical (unpaired) electrons. The molecule has 25 heavy (non-hydrogen) atoms. The minimum Gasteiger partial charge on any atom is -0.493 e. The Labute approximate surface area is 145 Å². The van der Waals surface area contributed by atoms with Crippen LogP contribution in [0, 0.1) is 0 Å². The van der Waals surface area contributed by atoms with Gasteiger partial charge in [0.2, 0.25) is 5.88 Å². The zero-order valence-electron chi connectivity index (χ0n) is 14.1. The summed E-state index contributed by atoms with van der Waals surface area (Å²) in [6.07, 6.45) is 0. The van der Waals surface area contributed by atoms with Crippen molar-refractivity contribution in [2.75, 3.05) is 6.61 Å². The Hall–Kier alpha value is -3.15. The lowest BCUT2D eigenvalue weighted by atomic mass is 10.0. The maximum atomic E-state index is 12.0. The number of aromatic amines is 1. The second kappa shape index (κ2) is 7.17. The Bertz CT molecular complexity index is 929. The van der Waals surface area contributed by atoms with E-state index in [9.17, 15) is 9.90 Å². The van der Waals surface area contributed by atoms with E-state index in [1.807, 2.05) is 42.5 Å². The van der Waals surface area contributed by atoms with E-state index in [0.717, 1.165) is 11.1 Å². The highest BCUT2D eigenvalue weighted by Gasteiger charge is 2.11. The van der Waals surface area contributed by atoms with Crippen molar-refractivity contribution < 1.29 is 14.6 Å². The fraction of sp³-hybridized carbons (Fsp3) is 0.211. The molecule has 2 aromatic carbocycles. The fourth-order valence-corrected chi connectivity index (χ4v) is 2.58. The van der Waals surface area contributed by atoms with Gasteiger partial charge in [0, 0.05) is 5.39 Å². The van der Waals surface area contributed by atoms with E-state index >= 15 is 0 Å². The standard InChI is InChI=1S/C19H19N3O3/c1-12(2)13-7-4-6-10-16(13)25-11-17(23)21-22-18-14-8-3-5-9-15(14)20-19(18)24/h3-10,12,20,24H,11H2,1-2H3. The van der Waals surface area contributed by atoms with Crippen LogP contribution in [0.5, 0.6) is 11.6 Å². The molecular formula is C19H19N3O3. The SMILES string of the molecule is CC(C)c1ccccc1OCC(=O)N=Nc1c(O)[nH]c2ccccc12. The Morgan fingerprint density at radius 2 is 1.88 bits per heavy atom. The van der Waals surface area contributed by atoms with Crippen LogP contribution in [0.3, 0.4) is 0 Å². The predicted octanol–water partition coefficient (Wildman–Crippen LogP) is 4.69. The van der Waals surface area contributed by atoms with E-state index in [-0.39, 0.29) is 24.1 Å². The molecule has 1 aromatic heterocycles. The van der Waals surface area contributed by atoms with Gasteiger partial charge in [0.1, 0.15) is 5.75 Å². The fourth-order valence-electron chi connectivity index (χ4n) is 2.58. The molecule has 128 valence electrons. The van der Waals surface area contributed by atoms with Gasteiger partial charge in [-0.1, -0.05) is 50.2 Å². The highest BCUT2D eigenvalue weighted by atomic mass is 16.5. The van der Waals surface area contributed by atoms with Crippen molar-refractivity contribution in [2.24, 2.45) is 10.2 Å². The summed E-state index contributed by atoms with van der Waals surface area (Å²) < 4.78 is 5.57. The summed E-state index contributed by atoms with van der Waals surface area (Å²) >= 11 is 0. The van der Waals surface area contributed by atoms with Crippen LogP contribution in [0.2, 0.25) is 0 Å². The van der Waals surface area contributed by atoms with E-state index < -0.39 is 5.91 Å². The summed E-state index contributed by atoms with van der Waals surface area (Å²) in [6, 6.07) is 14.8. The first-order valence-corrected chi connectivity index (χ1v) is 8.02. The number of carbonyl (C=O) groups is 1. The number of amides is 1. The number of benzene rings is 2. The van der Waals surface area contributed by atoms with Crippen molar-refractivity contribution in [1.29, 1.82) is 0 Å². The first kappa shape index (κ1) is 16.7. The van der Waals surface area contributed by atoms with Crippen LogP contribution in [-0.2, 0) is 4.79 Å². The Balaban J connectivity index is 1.71. The van der Waals surface area contributed by atoms with Crippen LogP contribution in [0.4, 0.5) is 5.69 Å². The molecule has 0 aliphatic rings. The van der Waals surface area contributed by atoms with E-state index in [0.29, 0.717) is 11.1 Å². The Morgan fingerprint density at radius 3 is 2.68 bits per heavy atom. The van der Waals surface area contributed by atoms with Gasteiger partial charge in [-0.3, -0.25) is 4.79 Å². The van der Waals surface area contributed by atoms with Crippen LogP contribution >= 0.6 is 0 Å². The molecular weight excluding hydrogens is 318 g/mol. The minimum absolute atomic E-state index is 0.121. The number of nitrogens with one attached hydrogen (secondary N) is 1. The number of nitrogens with zero attached hydrogens (tertiary/aromatic N) is 2. The van der Waals surface area contributed by atoms with E-state index in [1.165, 1.54) is 0 Å². The maximum Gasteiger partial charge on any atom is 0.302 e. The van der Waals surface area contributed by atoms with Crippen molar-refractivity contribution in [3.63, 3.8) is 0 Å². The number of aromatic nitrogens is 1. The number of rotatable bonds is 5. The highest BCUT2D eigenvalue weighted by molar-refractivity contribution is 5.94. The zero-order chi connectivity index (χ0) is 17.8. The first-order valence-electron chi connectivity index (χ1n) is 8.02. The molecule has 6 heteroatoms. The van der Waals surface area contributed by atoms with Crippen molar-refractivity contribution in [3.05, 3.63) is 54.1 Å². The van der Waals surface area contributed by atoms with E-state index in [4.69, 9.17) is 4.74 Å². The molecule has 0 atom stereocenters. The number of azo groups is 1. The number of H-pyrrole nitrogens is 1. The Kier molecular flexibility index (Phi) is 4.79. The summed E-state index contributed by atoms with van der Waals surface area (Å²) in [5.41, 5.74) is 2.00. The summed E-state index contributed by atoms with van der Waals surface area (Å²) in [7, 11) is 0. The predicted molar refractivity (Wildman–Crippen MR) is 95.5 cm³/mol. The van der Waals surface area contributed by atoms with Crippen LogP contribution < -0.4 is 4.74 Å². The molecule has 6 nitrogen and oxygen atoms in total. The molecule has 2 N–H and O–H groups in total. The summed E-state index contributed by atoms with van der Waals surface area (Å²) in [5, 5.41) is 18.1.